The number of aromatic nitrogens is 1. The highest BCUT2D eigenvalue weighted by atomic mass is 19.4. The average Bonchev–Trinajstić information content (AvgIpc) is 3.05. The first-order valence-corrected chi connectivity index (χ1v) is 8.31. The van der Waals surface area contributed by atoms with E-state index in [1.165, 1.54) is 4.90 Å². The van der Waals surface area contributed by atoms with Crippen molar-refractivity contribution in [2.24, 2.45) is 5.92 Å². The lowest BCUT2D eigenvalue weighted by Crippen LogP contribution is -2.42. The van der Waals surface area contributed by atoms with Gasteiger partial charge >= 0.3 is 6.18 Å². The van der Waals surface area contributed by atoms with Crippen molar-refractivity contribution < 1.29 is 27.6 Å². The molecule has 1 aromatic carbocycles. The van der Waals surface area contributed by atoms with E-state index >= 15 is 0 Å². The second-order valence-corrected chi connectivity index (χ2v) is 6.72. The van der Waals surface area contributed by atoms with Gasteiger partial charge in [-0.2, -0.15) is 13.2 Å². The lowest BCUT2D eigenvalue weighted by atomic mass is 9.92. The van der Waals surface area contributed by atoms with Crippen LogP contribution in [0.25, 0.3) is 0 Å². The summed E-state index contributed by atoms with van der Waals surface area (Å²) < 4.78 is 44.9. The van der Waals surface area contributed by atoms with Gasteiger partial charge in [0.2, 0.25) is 5.69 Å². The van der Waals surface area contributed by atoms with Crippen molar-refractivity contribution in [3.8, 4) is 0 Å². The van der Waals surface area contributed by atoms with E-state index < -0.39 is 29.3 Å². The second-order valence-electron chi connectivity index (χ2n) is 6.72. The molecular weight excluding hydrogens is 349 g/mol. The number of fused-ring (bicyclic) bond motifs is 1. The molecule has 2 heterocycles. The van der Waals surface area contributed by atoms with Gasteiger partial charge in [-0.3, -0.25) is 4.79 Å². The van der Waals surface area contributed by atoms with Crippen LogP contribution >= 0.6 is 0 Å². The minimum absolute atomic E-state index is 0.0917. The molecule has 140 valence electrons. The van der Waals surface area contributed by atoms with E-state index in [1.54, 1.807) is 38.1 Å². The van der Waals surface area contributed by atoms with Gasteiger partial charge in [0.15, 0.2) is 5.76 Å². The molecule has 0 fully saturated rings. The summed E-state index contributed by atoms with van der Waals surface area (Å²) in [6.45, 7) is 3.24. The summed E-state index contributed by atoms with van der Waals surface area (Å²) in [5.41, 5.74) is -0.510. The highest BCUT2D eigenvalue weighted by molar-refractivity contribution is 6.08. The maximum Gasteiger partial charge on any atom is 0.437 e. The van der Waals surface area contributed by atoms with Crippen LogP contribution in [-0.4, -0.2) is 29.3 Å². The molecule has 1 aromatic heterocycles. The monoisotopic (exact) mass is 368 g/mol. The molecule has 1 amide bonds. The zero-order valence-corrected chi connectivity index (χ0v) is 14.4. The number of benzene rings is 1. The Labute approximate surface area is 148 Å². The van der Waals surface area contributed by atoms with E-state index in [2.05, 4.69) is 5.16 Å². The van der Waals surface area contributed by atoms with Gasteiger partial charge in [0.1, 0.15) is 5.56 Å². The van der Waals surface area contributed by atoms with Crippen molar-refractivity contribution in [3.63, 3.8) is 0 Å². The van der Waals surface area contributed by atoms with Gasteiger partial charge in [-0.05, 0) is 18.1 Å². The van der Waals surface area contributed by atoms with Crippen LogP contribution in [0.2, 0.25) is 0 Å². The molecule has 0 bridgehead atoms. The van der Waals surface area contributed by atoms with Crippen LogP contribution in [0.5, 0.6) is 0 Å². The zero-order chi connectivity index (χ0) is 19.1. The summed E-state index contributed by atoms with van der Waals surface area (Å²) in [7, 11) is 0. The van der Waals surface area contributed by atoms with Gasteiger partial charge in [0.25, 0.3) is 5.91 Å². The fourth-order valence-corrected chi connectivity index (χ4v) is 3.23. The van der Waals surface area contributed by atoms with Crippen LogP contribution in [0.15, 0.2) is 28.8 Å². The molecule has 8 heteroatoms. The molecule has 0 spiro atoms. The Balaban J connectivity index is 2.11. The molecule has 0 aliphatic carbocycles. The van der Waals surface area contributed by atoms with Crippen molar-refractivity contribution >= 4 is 11.6 Å². The van der Waals surface area contributed by atoms with E-state index in [4.69, 9.17) is 4.52 Å². The van der Waals surface area contributed by atoms with Gasteiger partial charge in [-0.1, -0.05) is 37.2 Å². The molecular formula is C18H19F3N2O3. The third-order valence-corrected chi connectivity index (χ3v) is 4.46. The minimum atomic E-state index is -4.80. The third kappa shape index (κ3) is 3.21. The Hall–Kier alpha value is -2.35. The fourth-order valence-electron chi connectivity index (χ4n) is 3.23. The number of rotatable bonds is 3. The Kier molecular flexibility index (Phi) is 4.79. The number of amides is 1. The van der Waals surface area contributed by atoms with Crippen LogP contribution in [0.4, 0.5) is 18.9 Å². The molecule has 2 aromatic rings. The van der Waals surface area contributed by atoms with Crippen molar-refractivity contribution in [1.82, 2.24) is 5.16 Å². The number of anilines is 1. The number of hydrogen-bond donors (Lipinski definition) is 1. The van der Waals surface area contributed by atoms with E-state index in [0.29, 0.717) is 12.1 Å². The molecule has 1 N–H and O–H groups in total. The lowest BCUT2D eigenvalue weighted by Gasteiger charge is -2.34. The number of nitrogens with zero attached hydrogens (tertiary/aromatic N) is 2. The lowest BCUT2D eigenvalue weighted by molar-refractivity contribution is -0.143. The predicted molar refractivity (Wildman–Crippen MR) is 88.0 cm³/mol. The Morgan fingerprint density at radius 2 is 2.08 bits per heavy atom. The fraction of sp³-hybridized carbons (Fsp3) is 0.444. The first-order chi connectivity index (χ1) is 12.2. The molecule has 5 nitrogen and oxygen atoms in total. The van der Waals surface area contributed by atoms with Gasteiger partial charge in [-0.25, -0.2) is 0 Å². The standard InChI is InChI=1S/C18H19F3N2O3/c1-10(2)15-14(16(22-26-15)18(19,20)21)17(25)23-8-11(9-24)7-12-5-3-4-6-13(12)23/h3-6,10-11,24H,7-9H2,1-2H3. The van der Waals surface area contributed by atoms with Gasteiger partial charge in [0.05, 0.1) is 0 Å². The van der Waals surface area contributed by atoms with Gasteiger partial charge in [-0.15, -0.1) is 0 Å². The van der Waals surface area contributed by atoms with E-state index in [1.807, 2.05) is 0 Å². The van der Waals surface area contributed by atoms with E-state index in [9.17, 15) is 23.1 Å². The first-order valence-electron chi connectivity index (χ1n) is 8.31. The maximum atomic E-state index is 13.4. The number of aliphatic hydroxyl groups excluding tert-OH is 1. The van der Waals surface area contributed by atoms with Crippen LogP contribution in [0.3, 0.4) is 0 Å². The highest BCUT2D eigenvalue weighted by Gasteiger charge is 2.44. The number of aliphatic hydroxyl groups is 1. The molecule has 3 rings (SSSR count). The SMILES string of the molecule is CC(C)c1onc(C(F)(F)F)c1C(=O)N1CC(CO)Cc2ccccc21. The van der Waals surface area contributed by atoms with E-state index in [0.717, 1.165) is 5.56 Å². The molecule has 1 aliphatic rings. The number of carbonyl (C=O) groups excluding carboxylic acids is 1. The number of alkyl halides is 3. The maximum absolute atomic E-state index is 13.4. The first kappa shape index (κ1) is 18.4. The normalized spacial score (nSPS) is 17.5. The predicted octanol–water partition coefficient (Wildman–Crippen LogP) is 3.63. The van der Waals surface area contributed by atoms with Crippen molar-refractivity contribution in [3.05, 3.63) is 46.8 Å². The summed E-state index contributed by atoms with van der Waals surface area (Å²) in [5, 5.41) is 12.6. The van der Waals surface area contributed by atoms with Crippen LogP contribution < -0.4 is 4.90 Å². The quantitative estimate of drug-likeness (QED) is 0.899. The number of para-hydroxylation sites is 1. The Morgan fingerprint density at radius 1 is 1.38 bits per heavy atom. The molecule has 1 aliphatic heterocycles. The van der Waals surface area contributed by atoms with Crippen molar-refractivity contribution in [2.75, 3.05) is 18.1 Å². The molecule has 26 heavy (non-hydrogen) atoms. The van der Waals surface area contributed by atoms with E-state index in [-0.39, 0.29) is 24.8 Å². The third-order valence-electron chi connectivity index (χ3n) is 4.46. The number of hydrogen-bond acceptors (Lipinski definition) is 4. The Bertz CT molecular complexity index is 814. The Morgan fingerprint density at radius 3 is 2.69 bits per heavy atom. The zero-order valence-electron chi connectivity index (χ0n) is 14.4. The second kappa shape index (κ2) is 6.75. The number of carbonyl (C=O) groups is 1. The largest absolute Gasteiger partial charge is 0.437 e. The molecule has 0 saturated heterocycles. The molecule has 0 radical (unpaired) electrons. The van der Waals surface area contributed by atoms with Crippen LogP contribution in [-0.2, 0) is 12.6 Å². The molecule has 0 saturated carbocycles. The summed E-state index contributed by atoms with van der Waals surface area (Å²) in [6, 6.07) is 7.01. The number of halogens is 3. The smallest absolute Gasteiger partial charge is 0.396 e. The minimum Gasteiger partial charge on any atom is -0.396 e. The molecule has 1 atom stereocenters. The summed E-state index contributed by atoms with van der Waals surface area (Å²) >= 11 is 0. The summed E-state index contributed by atoms with van der Waals surface area (Å²) in [6.07, 6.45) is -4.24. The highest BCUT2D eigenvalue weighted by Crippen LogP contribution is 2.38. The van der Waals surface area contributed by atoms with Gasteiger partial charge in [0, 0.05) is 30.7 Å². The average molecular weight is 368 g/mol. The summed E-state index contributed by atoms with van der Waals surface area (Å²) in [5.74, 6) is -1.59. The van der Waals surface area contributed by atoms with Crippen molar-refractivity contribution in [2.45, 2.75) is 32.4 Å². The van der Waals surface area contributed by atoms with Gasteiger partial charge < -0.3 is 14.5 Å². The topological polar surface area (TPSA) is 66.6 Å². The molecule has 1 unspecified atom stereocenters. The van der Waals surface area contributed by atoms with Crippen LogP contribution in [0.1, 0.15) is 47.1 Å². The van der Waals surface area contributed by atoms with Crippen molar-refractivity contribution in [1.29, 1.82) is 0 Å². The van der Waals surface area contributed by atoms with Crippen LogP contribution in [0, 0.1) is 5.92 Å². The summed E-state index contributed by atoms with van der Waals surface area (Å²) in [4.78, 5) is 14.4.